The number of carbonyl (C=O) groups is 2. The van der Waals surface area contributed by atoms with E-state index < -0.39 is 18.4 Å². The summed E-state index contributed by atoms with van der Waals surface area (Å²) in [5.41, 5.74) is 4.24. The average Bonchev–Trinajstić information content (AvgIpc) is 2.94. The maximum atomic E-state index is 12.4. The monoisotopic (exact) mass is 352 g/mol. The number of nitrogens with zero attached hydrogens (tertiary/aromatic N) is 3. The molecule has 0 saturated carbocycles. The summed E-state index contributed by atoms with van der Waals surface area (Å²) in [6.07, 6.45) is 0. The number of rotatable bonds is 5. The fourth-order valence-electron chi connectivity index (χ4n) is 2.86. The predicted molar refractivity (Wildman–Crippen MR) is 97.2 cm³/mol. The SMILES string of the molecule is Cc1nn2c(C(C)C)cc(C(=O)NCC(=O)O)nc2c1-c1ccccc1. The number of benzene rings is 1. The zero-order chi connectivity index (χ0) is 18.8. The van der Waals surface area contributed by atoms with Crippen LogP contribution in [0.25, 0.3) is 16.8 Å². The lowest BCUT2D eigenvalue weighted by atomic mass is 10.1. The lowest BCUT2D eigenvalue weighted by Crippen LogP contribution is -2.30. The number of fused-ring (bicyclic) bond motifs is 1. The van der Waals surface area contributed by atoms with Crippen LogP contribution in [0.4, 0.5) is 0 Å². The molecule has 26 heavy (non-hydrogen) atoms. The van der Waals surface area contributed by atoms with Crippen molar-refractivity contribution in [3.8, 4) is 11.1 Å². The molecule has 0 atom stereocenters. The minimum Gasteiger partial charge on any atom is -0.480 e. The molecule has 1 aromatic carbocycles. The van der Waals surface area contributed by atoms with Gasteiger partial charge in [-0.25, -0.2) is 9.50 Å². The van der Waals surface area contributed by atoms with E-state index in [-0.39, 0.29) is 11.6 Å². The van der Waals surface area contributed by atoms with E-state index in [2.05, 4.69) is 15.4 Å². The Labute approximate surface area is 150 Å². The van der Waals surface area contributed by atoms with Crippen molar-refractivity contribution in [3.63, 3.8) is 0 Å². The number of hydrogen-bond acceptors (Lipinski definition) is 4. The van der Waals surface area contributed by atoms with Crippen LogP contribution in [0.3, 0.4) is 0 Å². The first kappa shape index (κ1) is 17.6. The van der Waals surface area contributed by atoms with Gasteiger partial charge in [0.2, 0.25) is 0 Å². The Morgan fingerprint density at radius 1 is 1.23 bits per heavy atom. The van der Waals surface area contributed by atoms with Crippen molar-refractivity contribution in [1.29, 1.82) is 0 Å². The highest BCUT2D eigenvalue weighted by Crippen LogP contribution is 2.29. The number of amides is 1. The Morgan fingerprint density at radius 3 is 2.54 bits per heavy atom. The van der Waals surface area contributed by atoms with E-state index in [0.29, 0.717) is 5.65 Å². The molecule has 0 bridgehead atoms. The molecular formula is C19H20N4O3. The van der Waals surface area contributed by atoms with Crippen LogP contribution < -0.4 is 5.32 Å². The van der Waals surface area contributed by atoms with Crippen LogP contribution in [0.5, 0.6) is 0 Å². The topological polar surface area (TPSA) is 96.6 Å². The molecule has 0 aliphatic heterocycles. The molecule has 3 rings (SSSR count). The number of aliphatic carboxylic acids is 1. The molecule has 0 unspecified atom stereocenters. The van der Waals surface area contributed by atoms with E-state index in [1.165, 1.54) is 0 Å². The van der Waals surface area contributed by atoms with Crippen molar-refractivity contribution in [2.45, 2.75) is 26.7 Å². The van der Waals surface area contributed by atoms with Crippen LogP contribution in [-0.4, -0.2) is 38.1 Å². The molecule has 2 N–H and O–H groups in total. The van der Waals surface area contributed by atoms with Gasteiger partial charge in [0, 0.05) is 11.3 Å². The Bertz CT molecular complexity index is 977. The lowest BCUT2D eigenvalue weighted by molar-refractivity contribution is -0.135. The van der Waals surface area contributed by atoms with Crippen LogP contribution in [0, 0.1) is 6.92 Å². The fourth-order valence-corrected chi connectivity index (χ4v) is 2.86. The standard InChI is InChI=1S/C19H20N4O3/c1-11(2)15-9-14(19(26)20-10-16(24)25)21-18-17(12(3)22-23(15)18)13-7-5-4-6-8-13/h4-9,11H,10H2,1-3H3,(H,20,26)(H,24,25). The number of carbonyl (C=O) groups excluding carboxylic acids is 1. The van der Waals surface area contributed by atoms with Gasteiger partial charge >= 0.3 is 5.97 Å². The van der Waals surface area contributed by atoms with E-state index in [1.807, 2.05) is 51.1 Å². The van der Waals surface area contributed by atoms with Crippen molar-refractivity contribution < 1.29 is 14.7 Å². The Kier molecular flexibility index (Phi) is 4.71. The number of carboxylic acid groups (broad SMARTS) is 1. The molecule has 134 valence electrons. The molecule has 7 heteroatoms. The molecule has 0 spiro atoms. The molecule has 0 saturated heterocycles. The van der Waals surface area contributed by atoms with Crippen molar-refractivity contribution in [2.24, 2.45) is 0 Å². The van der Waals surface area contributed by atoms with Gasteiger partial charge in [0.15, 0.2) is 5.65 Å². The second kappa shape index (κ2) is 6.95. The smallest absolute Gasteiger partial charge is 0.322 e. The predicted octanol–water partition coefficient (Wildman–Crippen LogP) is 2.64. The summed E-state index contributed by atoms with van der Waals surface area (Å²) >= 11 is 0. The third kappa shape index (κ3) is 3.28. The minimum atomic E-state index is -1.10. The van der Waals surface area contributed by atoms with Crippen molar-refractivity contribution in [3.05, 3.63) is 53.5 Å². The molecular weight excluding hydrogens is 332 g/mol. The summed E-state index contributed by atoms with van der Waals surface area (Å²) < 4.78 is 1.76. The summed E-state index contributed by atoms with van der Waals surface area (Å²) in [6, 6.07) is 11.4. The van der Waals surface area contributed by atoms with Crippen LogP contribution in [0.1, 0.15) is 41.6 Å². The van der Waals surface area contributed by atoms with Gasteiger partial charge in [-0.1, -0.05) is 44.2 Å². The molecule has 0 aliphatic carbocycles. The zero-order valence-electron chi connectivity index (χ0n) is 14.9. The van der Waals surface area contributed by atoms with Crippen LogP contribution >= 0.6 is 0 Å². The van der Waals surface area contributed by atoms with Crippen molar-refractivity contribution >= 4 is 17.5 Å². The number of hydrogen-bond donors (Lipinski definition) is 2. The molecule has 7 nitrogen and oxygen atoms in total. The quantitative estimate of drug-likeness (QED) is 0.736. The van der Waals surface area contributed by atoms with E-state index in [0.717, 1.165) is 22.5 Å². The molecule has 3 aromatic rings. The van der Waals surface area contributed by atoms with Gasteiger partial charge in [0.05, 0.1) is 5.69 Å². The van der Waals surface area contributed by atoms with Crippen LogP contribution in [-0.2, 0) is 4.79 Å². The van der Waals surface area contributed by atoms with Gasteiger partial charge in [-0.2, -0.15) is 5.10 Å². The van der Waals surface area contributed by atoms with Gasteiger partial charge in [-0.15, -0.1) is 0 Å². The molecule has 2 aromatic heterocycles. The summed E-state index contributed by atoms with van der Waals surface area (Å²) in [6.45, 7) is 5.47. The summed E-state index contributed by atoms with van der Waals surface area (Å²) in [5.74, 6) is -1.52. The fraction of sp³-hybridized carbons (Fsp3) is 0.263. The lowest BCUT2D eigenvalue weighted by Gasteiger charge is -2.11. The third-order valence-electron chi connectivity index (χ3n) is 4.08. The van der Waals surface area contributed by atoms with Crippen molar-refractivity contribution in [1.82, 2.24) is 19.9 Å². The maximum absolute atomic E-state index is 12.4. The van der Waals surface area contributed by atoms with E-state index in [4.69, 9.17) is 5.11 Å². The first-order valence-electron chi connectivity index (χ1n) is 8.34. The second-order valence-electron chi connectivity index (χ2n) is 6.36. The number of aromatic nitrogens is 3. The Balaban J connectivity index is 2.20. The molecule has 0 fully saturated rings. The van der Waals surface area contributed by atoms with Crippen LogP contribution in [0.2, 0.25) is 0 Å². The largest absolute Gasteiger partial charge is 0.480 e. The normalized spacial score (nSPS) is 11.1. The van der Waals surface area contributed by atoms with E-state index in [1.54, 1.807) is 10.6 Å². The second-order valence-corrected chi connectivity index (χ2v) is 6.36. The average molecular weight is 352 g/mol. The summed E-state index contributed by atoms with van der Waals surface area (Å²) in [5, 5.41) is 15.7. The zero-order valence-corrected chi connectivity index (χ0v) is 14.9. The maximum Gasteiger partial charge on any atom is 0.322 e. The van der Waals surface area contributed by atoms with E-state index >= 15 is 0 Å². The number of carboxylic acids is 1. The highest BCUT2D eigenvalue weighted by Gasteiger charge is 2.20. The van der Waals surface area contributed by atoms with Crippen molar-refractivity contribution in [2.75, 3.05) is 6.54 Å². The van der Waals surface area contributed by atoms with E-state index in [9.17, 15) is 9.59 Å². The molecule has 0 radical (unpaired) electrons. The van der Waals surface area contributed by atoms with Crippen LogP contribution in [0.15, 0.2) is 36.4 Å². The van der Waals surface area contributed by atoms with Gasteiger partial charge in [-0.05, 0) is 24.5 Å². The Morgan fingerprint density at radius 2 is 1.92 bits per heavy atom. The highest BCUT2D eigenvalue weighted by molar-refractivity contribution is 5.95. The minimum absolute atomic E-state index is 0.106. The van der Waals surface area contributed by atoms with Gasteiger partial charge in [0.25, 0.3) is 5.91 Å². The first-order chi connectivity index (χ1) is 12.4. The summed E-state index contributed by atoms with van der Waals surface area (Å²) in [4.78, 5) is 27.6. The third-order valence-corrected chi connectivity index (χ3v) is 4.08. The number of nitrogens with one attached hydrogen (secondary N) is 1. The Hall–Kier alpha value is -3.22. The summed E-state index contributed by atoms with van der Waals surface area (Å²) in [7, 11) is 0. The van der Waals surface area contributed by atoms with Gasteiger partial charge < -0.3 is 10.4 Å². The van der Waals surface area contributed by atoms with Gasteiger partial charge in [-0.3, -0.25) is 9.59 Å². The molecule has 2 heterocycles. The number of aryl methyl sites for hydroxylation is 1. The highest BCUT2D eigenvalue weighted by atomic mass is 16.4. The molecule has 1 amide bonds. The first-order valence-corrected chi connectivity index (χ1v) is 8.34. The molecule has 0 aliphatic rings. The van der Waals surface area contributed by atoms with Gasteiger partial charge in [0.1, 0.15) is 12.2 Å².